The molecule has 0 saturated heterocycles. The third kappa shape index (κ3) is 4.56. The molecule has 0 radical (unpaired) electrons. The van der Waals surface area contributed by atoms with Gasteiger partial charge in [0.25, 0.3) is 0 Å². The largest absolute Gasteiger partial charge is 0.370 e. The summed E-state index contributed by atoms with van der Waals surface area (Å²) in [6.07, 6.45) is 1.89. The normalized spacial score (nSPS) is 11.0. The van der Waals surface area contributed by atoms with Crippen molar-refractivity contribution in [1.82, 2.24) is 15.0 Å². The van der Waals surface area contributed by atoms with Crippen LogP contribution >= 0.6 is 11.6 Å². The minimum absolute atomic E-state index is 0.411. The van der Waals surface area contributed by atoms with Crippen LogP contribution < -0.4 is 0 Å². The molecule has 0 atom stereocenters. The van der Waals surface area contributed by atoms with Crippen molar-refractivity contribution in [2.75, 3.05) is 0 Å². The highest BCUT2D eigenvalue weighted by molar-refractivity contribution is 6.17. The molecule has 0 spiro atoms. The van der Waals surface area contributed by atoms with Crippen LogP contribution in [-0.4, -0.2) is 15.0 Å². The Hall–Kier alpha value is -2.95. The second-order valence-corrected chi connectivity index (χ2v) is 7.17. The molecule has 1 heterocycles. The maximum absolute atomic E-state index is 5.93. The van der Waals surface area contributed by atoms with Crippen molar-refractivity contribution in [1.29, 1.82) is 0 Å². The molecule has 4 nitrogen and oxygen atoms in total. The Morgan fingerprint density at radius 3 is 2.45 bits per heavy atom. The topological polar surface area (TPSA) is 39.9 Å². The van der Waals surface area contributed by atoms with Gasteiger partial charge in [0.1, 0.15) is 5.69 Å². The van der Waals surface area contributed by atoms with Crippen LogP contribution in [0.2, 0.25) is 0 Å². The highest BCUT2D eigenvalue weighted by atomic mass is 35.5. The summed E-state index contributed by atoms with van der Waals surface area (Å²) >= 11 is 5.84. The van der Waals surface area contributed by atoms with Gasteiger partial charge in [-0.05, 0) is 46.9 Å². The molecule has 0 bridgehead atoms. The highest BCUT2D eigenvalue weighted by Gasteiger charge is 2.08. The molecule has 0 saturated carbocycles. The van der Waals surface area contributed by atoms with E-state index in [0.29, 0.717) is 19.1 Å². The first kappa shape index (κ1) is 19.4. The molecule has 146 valence electrons. The Morgan fingerprint density at radius 1 is 0.897 bits per heavy atom. The van der Waals surface area contributed by atoms with E-state index in [1.807, 2.05) is 36.5 Å². The number of alkyl halides is 1. The molecule has 1 aromatic heterocycles. The molecule has 0 amide bonds. The zero-order valence-corrected chi connectivity index (χ0v) is 17.0. The van der Waals surface area contributed by atoms with Crippen molar-refractivity contribution < 1.29 is 4.74 Å². The number of benzene rings is 3. The molecule has 4 aromatic rings. The van der Waals surface area contributed by atoms with Gasteiger partial charge in [-0.2, -0.15) is 0 Å². The maximum Gasteiger partial charge on any atom is 0.109 e. The molecular formula is C24H22ClN3O. The van der Waals surface area contributed by atoms with Crippen LogP contribution in [0.3, 0.4) is 0 Å². The van der Waals surface area contributed by atoms with Crippen LogP contribution in [0.1, 0.15) is 22.4 Å². The van der Waals surface area contributed by atoms with Gasteiger partial charge >= 0.3 is 0 Å². The fourth-order valence-electron chi connectivity index (χ4n) is 3.26. The van der Waals surface area contributed by atoms with Crippen LogP contribution in [0.5, 0.6) is 0 Å². The monoisotopic (exact) mass is 403 g/mol. The Bertz CT molecular complexity index is 1070. The van der Waals surface area contributed by atoms with Gasteiger partial charge in [-0.1, -0.05) is 65.9 Å². The van der Waals surface area contributed by atoms with E-state index in [1.165, 1.54) is 22.3 Å². The molecular weight excluding hydrogens is 382 g/mol. The van der Waals surface area contributed by atoms with Crippen molar-refractivity contribution in [3.05, 3.63) is 101 Å². The summed E-state index contributed by atoms with van der Waals surface area (Å²) in [6.45, 7) is 3.08. The molecule has 0 aliphatic heterocycles. The summed E-state index contributed by atoms with van der Waals surface area (Å²) in [4.78, 5) is 0. The molecule has 4 rings (SSSR count). The molecule has 0 aliphatic carbocycles. The van der Waals surface area contributed by atoms with Crippen LogP contribution in [0.15, 0.2) is 79.0 Å². The minimum atomic E-state index is 0.411. The lowest BCUT2D eigenvalue weighted by molar-refractivity contribution is 0.104. The smallest absolute Gasteiger partial charge is 0.109 e. The molecule has 0 aliphatic rings. The van der Waals surface area contributed by atoms with Gasteiger partial charge in [-0.3, -0.25) is 0 Å². The average molecular weight is 404 g/mol. The summed E-state index contributed by atoms with van der Waals surface area (Å²) in [5.74, 6) is 0.502. The van der Waals surface area contributed by atoms with Crippen molar-refractivity contribution >= 4 is 11.6 Å². The van der Waals surface area contributed by atoms with Crippen molar-refractivity contribution in [2.45, 2.75) is 26.0 Å². The fourth-order valence-corrected chi connectivity index (χ4v) is 3.44. The maximum atomic E-state index is 5.93. The number of aromatic nitrogens is 3. The van der Waals surface area contributed by atoms with E-state index in [0.717, 1.165) is 16.9 Å². The first-order valence-electron chi connectivity index (χ1n) is 9.53. The summed E-state index contributed by atoms with van der Waals surface area (Å²) in [5, 5.41) is 8.41. The summed E-state index contributed by atoms with van der Waals surface area (Å²) < 4.78 is 7.68. The van der Waals surface area contributed by atoms with E-state index in [9.17, 15) is 0 Å². The minimum Gasteiger partial charge on any atom is -0.370 e. The predicted molar refractivity (Wildman–Crippen MR) is 116 cm³/mol. The first-order chi connectivity index (χ1) is 14.2. The molecule has 0 fully saturated rings. The molecule has 5 heteroatoms. The molecule has 3 aromatic carbocycles. The first-order valence-corrected chi connectivity index (χ1v) is 10.1. The number of rotatable bonds is 7. The van der Waals surface area contributed by atoms with Crippen LogP contribution in [0, 0.1) is 6.92 Å². The third-order valence-electron chi connectivity index (χ3n) is 4.93. The van der Waals surface area contributed by atoms with E-state index in [2.05, 4.69) is 59.7 Å². The summed E-state index contributed by atoms with van der Waals surface area (Å²) in [6, 6.07) is 24.7. The van der Waals surface area contributed by atoms with Crippen LogP contribution in [0.25, 0.3) is 16.8 Å². The Labute approximate surface area is 175 Å². The number of hydrogen-bond donors (Lipinski definition) is 0. The van der Waals surface area contributed by atoms with Crippen molar-refractivity contribution in [3.8, 4) is 16.8 Å². The standard InChI is InChI=1S/C24H22ClN3O/c1-18-21(8-5-9-24(18)20-6-3-2-4-7-20)16-29-17-22-15-28(27-26-22)23-12-10-19(14-25)11-13-23/h2-13,15H,14,16-17H2,1H3. The summed E-state index contributed by atoms with van der Waals surface area (Å²) in [5.41, 5.74) is 7.68. The van der Waals surface area contributed by atoms with E-state index in [-0.39, 0.29) is 0 Å². The molecule has 0 N–H and O–H groups in total. The Balaban J connectivity index is 1.40. The van der Waals surface area contributed by atoms with Gasteiger partial charge < -0.3 is 4.74 Å². The summed E-state index contributed by atoms with van der Waals surface area (Å²) in [7, 11) is 0. The lowest BCUT2D eigenvalue weighted by Gasteiger charge is -2.11. The van der Waals surface area contributed by atoms with Crippen LogP contribution in [-0.2, 0) is 23.8 Å². The number of ether oxygens (including phenoxy) is 1. The number of hydrogen-bond acceptors (Lipinski definition) is 3. The lowest BCUT2D eigenvalue weighted by Crippen LogP contribution is -1.98. The Morgan fingerprint density at radius 2 is 1.69 bits per heavy atom. The fraction of sp³-hybridized carbons (Fsp3) is 0.167. The number of halogens is 1. The molecule has 29 heavy (non-hydrogen) atoms. The van der Waals surface area contributed by atoms with Gasteiger partial charge in [-0.25, -0.2) is 4.68 Å². The van der Waals surface area contributed by atoms with E-state index in [4.69, 9.17) is 16.3 Å². The van der Waals surface area contributed by atoms with E-state index < -0.39 is 0 Å². The third-order valence-corrected chi connectivity index (χ3v) is 5.24. The lowest BCUT2D eigenvalue weighted by atomic mass is 9.97. The van der Waals surface area contributed by atoms with Gasteiger partial charge in [0.2, 0.25) is 0 Å². The second kappa shape index (κ2) is 9.03. The number of nitrogens with zero attached hydrogens (tertiary/aromatic N) is 3. The van der Waals surface area contributed by atoms with Crippen molar-refractivity contribution in [2.24, 2.45) is 0 Å². The quantitative estimate of drug-likeness (QED) is 0.372. The second-order valence-electron chi connectivity index (χ2n) is 6.90. The van der Waals surface area contributed by atoms with Gasteiger partial charge in [0.05, 0.1) is 25.1 Å². The predicted octanol–water partition coefficient (Wildman–Crippen LogP) is 5.70. The zero-order chi connectivity index (χ0) is 20.1. The highest BCUT2D eigenvalue weighted by Crippen LogP contribution is 2.26. The van der Waals surface area contributed by atoms with Crippen molar-refractivity contribution in [3.63, 3.8) is 0 Å². The van der Waals surface area contributed by atoms with E-state index in [1.54, 1.807) is 4.68 Å². The van der Waals surface area contributed by atoms with Gasteiger partial charge in [0, 0.05) is 5.88 Å². The average Bonchev–Trinajstić information content (AvgIpc) is 3.24. The SMILES string of the molecule is Cc1c(COCc2cn(-c3ccc(CCl)cc3)nn2)cccc1-c1ccccc1. The Kier molecular flexibility index (Phi) is 6.03. The van der Waals surface area contributed by atoms with Gasteiger partial charge in [0.15, 0.2) is 0 Å². The van der Waals surface area contributed by atoms with Gasteiger partial charge in [-0.15, -0.1) is 16.7 Å². The van der Waals surface area contributed by atoms with Crippen LogP contribution in [0.4, 0.5) is 0 Å². The van der Waals surface area contributed by atoms with E-state index >= 15 is 0 Å². The molecule has 0 unspecified atom stereocenters. The zero-order valence-electron chi connectivity index (χ0n) is 16.3.